The number of rotatable bonds is 3. The Kier molecular flexibility index (Phi) is 4.13. The molecule has 0 atom stereocenters. The molecule has 0 saturated carbocycles. The minimum Gasteiger partial charge on any atom is -0.337 e. The zero-order chi connectivity index (χ0) is 14.7. The lowest BCUT2D eigenvalue weighted by Gasteiger charge is -2.18. The van der Waals surface area contributed by atoms with Crippen LogP contribution in [0.3, 0.4) is 0 Å². The summed E-state index contributed by atoms with van der Waals surface area (Å²) in [5.41, 5.74) is 1.14. The van der Waals surface area contributed by atoms with E-state index in [1.54, 1.807) is 31.2 Å². The molecule has 0 heterocycles. The number of halogens is 2. The maximum Gasteiger partial charge on any atom is 0.256 e. The second-order valence-electron chi connectivity index (χ2n) is 4.74. The van der Waals surface area contributed by atoms with E-state index in [2.05, 4.69) is 0 Å². The average molecular weight is 275 g/mol. The molecule has 0 aliphatic rings. The minimum absolute atomic E-state index is 0.00515. The van der Waals surface area contributed by atoms with Crippen LogP contribution in [-0.2, 0) is 6.54 Å². The number of carbonyl (C=O) groups excluding carboxylic acids is 1. The highest BCUT2D eigenvalue weighted by molar-refractivity contribution is 5.94. The highest BCUT2D eigenvalue weighted by atomic mass is 19.1. The van der Waals surface area contributed by atoms with Crippen molar-refractivity contribution in [3.63, 3.8) is 0 Å². The molecule has 0 aromatic heterocycles. The zero-order valence-electron chi connectivity index (χ0n) is 11.4. The predicted molar refractivity (Wildman–Crippen MR) is 73.3 cm³/mol. The standard InChI is InChI=1S/C16H15F2NO/c1-11-7-8-13(15(18)9-11)16(20)19(2)10-12-5-3-4-6-14(12)17/h3-9H,10H2,1-2H3. The Balaban J connectivity index is 2.19. The van der Waals surface area contributed by atoms with E-state index in [1.165, 1.54) is 30.1 Å². The predicted octanol–water partition coefficient (Wildman–Crippen LogP) is 3.55. The van der Waals surface area contributed by atoms with Gasteiger partial charge >= 0.3 is 0 Å². The van der Waals surface area contributed by atoms with Gasteiger partial charge in [-0.25, -0.2) is 8.78 Å². The van der Waals surface area contributed by atoms with Crippen molar-refractivity contribution in [2.24, 2.45) is 0 Å². The first-order valence-electron chi connectivity index (χ1n) is 6.24. The van der Waals surface area contributed by atoms with Gasteiger partial charge in [-0.15, -0.1) is 0 Å². The summed E-state index contributed by atoms with van der Waals surface area (Å²) >= 11 is 0. The lowest BCUT2D eigenvalue weighted by atomic mass is 10.1. The summed E-state index contributed by atoms with van der Waals surface area (Å²) in [6, 6.07) is 10.6. The molecule has 1 amide bonds. The molecule has 2 aromatic rings. The van der Waals surface area contributed by atoms with Crippen molar-refractivity contribution in [1.29, 1.82) is 0 Å². The van der Waals surface area contributed by atoms with Gasteiger partial charge in [0.2, 0.25) is 0 Å². The largest absolute Gasteiger partial charge is 0.337 e. The van der Waals surface area contributed by atoms with Crippen LogP contribution in [0.2, 0.25) is 0 Å². The summed E-state index contributed by atoms with van der Waals surface area (Å²) < 4.78 is 27.3. The molecule has 0 spiro atoms. The van der Waals surface area contributed by atoms with Crippen LogP contribution >= 0.6 is 0 Å². The van der Waals surface area contributed by atoms with Crippen LogP contribution in [0, 0.1) is 18.6 Å². The Morgan fingerprint density at radius 1 is 1.10 bits per heavy atom. The smallest absolute Gasteiger partial charge is 0.256 e. The van der Waals surface area contributed by atoms with Crippen LogP contribution in [0.15, 0.2) is 42.5 Å². The summed E-state index contributed by atoms with van der Waals surface area (Å²) in [7, 11) is 1.52. The molecule has 2 aromatic carbocycles. The van der Waals surface area contributed by atoms with Crippen LogP contribution in [0.4, 0.5) is 8.78 Å². The van der Waals surface area contributed by atoms with E-state index in [9.17, 15) is 13.6 Å². The molecule has 4 heteroatoms. The molecule has 0 saturated heterocycles. The van der Waals surface area contributed by atoms with Gasteiger partial charge in [0.25, 0.3) is 5.91 Å². The highest BCUT2D eigenvalue weighted by Crippen LogP contribution is 2.15. The zero-order valence-corrected chi connectivity index (χ0v) is 11.4. The fourth-order valence-electron chi connectivity index (χ4n) is 1.95. The van der Waals surface area contributed by atoms with Crippen LogP contribution in [0.25, 0.3) is 0 Å². The van der Waals surface area contributed by atoms with E-state index in [0.29, 0.717) is 5.56 Å². The monoisotopic (exact) mass is 275 g/mol. The molecule has 0 fully saturated rings. The van der Waals surface area contributed by atoms with E-state index in [1.807, 2.05) is 0 Å². The van der Waals surface area contributed by atoms with Crippen molar-refractivity contribution < 1.29 is 13.6 Å². The molecule has 0 N–H and O–H groups in total. The fraction of sp³-hybridized carbons (Fsp3) is 0.188. The van der Waals surface area contributed by atoms with Gasteiger partial charge < -0.3 is 4.90 Å². The molecule has 20 heavy (non-hydrogen) atoms. The summed E-state index contributed by atoms with van der Waals surface area (Å²) in [4.78, 5) is 13.5. The Morgan fingerprint density at radius 2 is 1.80 bits per heavy atom. The van der Waals surface area contributed by atoms with Gasteiger partial charge in [0.1, 0.15) is 11.6 Å². The van der Waals surface area contributed by atoms with E-state index < -0.39 is 11.7 Å². The number of hydrogen-bond donors (Lipinski definition) is 0. The normalized spacial score (nSPS) is 10.4. The van der Waals surface area contributed by atoms with E-state index in [0.717, 1.165) is 5.56 Å². The third kappa shape index (κ3) is 3.02. The van der Waals surface area contributed by atoms with Crippen molar-refractivity contribution in [2.45, 2.75) is 13.5 Å². The Hall–Kier alpha value is -2.23. The Morgan fingerprint density at radius 3 is 2.45 bits per heavy atom. The summed E-state index contributed by atoms with van der Waals surface area (Å²) in [5, 5.41) is 0. The third-order valence-electron chi connectivity index (χ3n) is 3.07. The molecule has 0 unspecified atom stereocenters. The van der Waals surface area contributed by atoms with Crippen LogP contribution in [-0.4, -0.2) is 17.9 Å². The van der Waals surface area contributed by atoms with Gasteiger partial charge in [-0.05, 0) is 30.7 Å². The van der Waals surface area contributed by atoms with Gasteiger partial charge in [-0.2, -0.15) is 0 Å². The van der Waals surface area contributed by atoms with Crippen molar-refractivity contribution in [3.05, 3.63) is 70.8 Å². The number of benzene rings is 2. The molecule has 104 valence electrons. The minimum atomic E-state index is -0.560. The third-order valence-corrected chi connectivity index (χ3v) is 3.07. The molecular weight excluding hydrogens is 260 g/mol. The molecule has 0 aliphatic heterocycles. The fourth-order valence-corrected chi connectivity index (χ4v) is 1.95. The molecule has 2 rings (SSSR count). The molecule has 2 nitrogen and oxygen atoms in total. The topological polar surface area (TPSA) is 20.3 Å². The van der Waals surface area contributed by atoms with Gasteiger partial charge in [0, 0.05) is 19.2 Å². The van der Waals surface area contributed by atoms with Crippen molar-refractivity contribution in [1.82, 2.24) is 4.90 Å². The second-order valence-corrected chi connectivity index (χ2v) is 4.74. The quantitative estimate of drug-likeness (QED) is 0.839. The van der Waals surface area contributed by atoms with Gasteiger partial charge in [0.05, 0.1) is 5.56 Å². The van der Waals surface area contributed by atoms with Crippen LogP contribution < -0.4 is 0 Å². The number of amides is 1. The van der Waals surface area contributed by atoms with Gasteiger partial charge in [-0.1, -0.05) is 24.3 Å². The first kappa shape index (κ1) is 14.2. The lowest BCUT2D eigenvalue weighted by Crippen LogP contribution is -2.27. The number of aryl methyl sites for hydroxylation is 1. The molecule has 0 bridgehead atoms. The lowest BCUT2D eigenvalue weighted by molar-refractivity contribution is 0.0779. The molecule has 0 aliphatic carbocycles. The summed E-state index contributed by atoms with van der Waals surface area (Å²) in [5.74, 6) is -1.40. The van der Waals surface area contributed by atoms with Crippen LogP contribution in [0.1, 0.15) is 21.5 Å². The SMILES string of the molecule is Cc1ccc(C(=O)N(C)Cc2ccccc2F)c(F)c1. The van der Waals surface area contributed by atoms with Crippen molar-refractivity contribution in [2.75, 3.05) is 7.05 Å². The Bertz CT molecular complexity index is 640. The highest BCUT2D eigenvalue weighted by Gasteiger charge is 2.17. The first-order chi connectivity index (χ1) is 9.49. The van der Waals surface area contributed by atoms with E-state index in [-0.39, 0.29) is 17.9 Å². The van der Waals surface area contributed by atoms with Gasteiger partial charge in [0.15, 0.2) is 0 Å². The number of hydrogen-bond acceptors (Lipinski definition) is 1. The van der Waals surface area contributed by atoms with Crippen LogP contribution in [0.5, 0.6) is 0 Å². The summed E-state index contributed by atoms with van der Waals surface area (Å²) in [6.07, 6.45) is 0. The maximum atomic E-state index is 13.8. The average Bonchev–Trinajstić information content (AvgIpc) is 2.40. The van der Waals surface area contributed by atoms with E-state index in [4.69, 9.17) is 0 Å². The first-order valence-corrected chi connectivity index (χ1v) is 6.24. The number of nitrogens with zero attached hydrogens (tertiary/aromatic N) is 1. The van der Waals surface area contributed by atoms with Crippen molar-refractivity contribution in [3.8, 4) is 0 Å². The number of carbonyl (C=O) groups is 1. The Labute approximate surface area is 116 Å². The van der Waals surface area contributed by atoms with E-state index >= 15 is 0 Å². The maximum absolute atomic E-state index is 13.8. The second kappa shape index (κ2) is 5.82. The summed E-state index contributed by atoms with van der Waals surface area (Å²) in [6.45, 7) is 1.85. The van der Waals surface area contributed by atoms with Gasteiger partial charge in [-0.3, -0.25) is 4.79 Å². The molecular formula is C16H15F2NO. The molecule has 0 radical (unpaired) electrons. The van der Waals surface area contributed by atoms with Crippen molar-refractivity contribution >= 4 is 5.91 Å².